The molecule has 0 aliphatic heterocycles. The first-order chi connectivity index (χ1) is 8.15. The molecule has 0 aliphatic rings. The molecule has 0 fully saturated rings. The number of aromatic nitrogens is 1. The summed E-state index contributed by atoms with van der Waals surface area (Å²) in [6.45, 7) is 4.39. The van der Waals surface area contributed by atoms with Crippen LogP contribution in [-0.2, 0) is 6.54 Å². The summed E-state index contributed by atoms with van der Waals surface area (Å²) in [7, 11) is 0. The monoisotopic (exact) mass is 230 g/mol. The highest BCUT2D eigenvalue weighted by Gasteiger charge is 1.99. The summed E-state index contributed by atoms with van der Waals surface area (Å²) < 4.78 is 13.1. The van der Waals surface area contributed by atoms with Crippen LogP contribution in [0.4, 0.5) is 10.1 Å². The fourth-order valence-electron chi connectivity index (χ4n) is 1.59. The van der Waals surface area contributed by atoms with Gasteiger partial charge in [0, 0.05) is 12.2 Å². The van der Waals surface area contributed by atoms with Crippen LogP contribution in [0.5, 0.6) is 0 Å². The first kappa shape index (κ1) is 11.6. The predicted molar refractivity (Wildman–Crippen MR) is 67.4 cm³/mol. The average Bonchev–Trinajstić information content (AvgIpc) is 2.33. The summed E-state index contributed by atoms with van der Waals surface area (Å²) in [5.41, 5.74) is 3.70. The first-order valence-electron chi connectivity index (χ1n) is 5.57. The minimum absolute atomic E-state index is 0.161. The van der Waals surface area contributed by atoms with E-state index in [2.05, 4.69) is 10.3 Å². The van der Waals surface area contributed by atoms with Crippen molar-refractivity contribution in [3.05, 3.63) is 59.2 Å². The third-order valence-electron chi connectivity index (χ3n) is 2.63. The number of rotatable bonds is 3. The van der Waals surface area contributed by atoms with Gasteiger partial charge in [-0.2, -0.15) is 0 Å². The zero-order chi connectivity index (χ0) is 12.3. The molecule has 0 amide bonds. The van der Waals surface area contributed by atoms with Gasteiger partial charge in [-0.05, 0) is 43.2 Å². The molecular formula is C14H15FN2. The summed E-state index contributed by atoms with van der Waals surface area (Å²) in [6.07, 6.45) is 1.80. The fraction of sp³-hybridized carbons (Fsp3) is 0.214. The van der Waals surface area contributed by atoms with Gasteiger partial charge < -0.3 is 5.32 Å². The van der Waals surface area contributed by atoms with Crippen LogP contribution in [-0.4, -0.2) is 4.98 Å². The molecule has 1 aromatic carbocycles. The van der Waals surface area contributed by atoms with Gasteiger partial charge in [0.15, 0.2) is 0 Å². The molecule has 0 atom stereocenters. The molecule has 0 spiro atoms. The molecule has 1 N–H and O–H groups in total. The number of nitrogens with one attached hydrogen (secondary N) is 1. The second-order valence-electron chi connectivity index (χ2n) is 4.13. The normalized spacial score (nSPS) is 10.3. The highest BCUT2D eigenvalue weighted by Crippen LogP contribution is 2.12. The van der Waals surface area contributed by atoms with Crippen LogP contribution >= 0.6 is 0 Å². The van der Waals surface area contributed by atoms with Gasteiger partial charge in [0.25, 0.3) is 0 Å². The average molecular weight is 230 g/mol. The molecule has 0 saturated heterocycles. The number of anilines is 1. The number of benzene rings is 1. The molecule has 0 saturated carbocycles. The highest BCUT2D eigenvalue weighted by molar-refractivity contribution is 5.41. The van der Waals surface area contributed by atoms with Crippen molar-refractivity contribution in [3.8, 4) is 0 Å². The Labute approximate surface area is 101 Å². The summed E-state index contributed by atoms with van der Waals surface area (Å²) in [4.78, 5) is 4.20. The van der Waals surface area contributed by atoms with Crippen molar-refractivity contribution in [2.75, 3.05) is 5.32 Å². The van der Waals surface area contributed by atoms with Crippen molar-refractivity contribution >= 4 is 5.69 Å². The molecular weight excluding hydrogens is 215 g/mol. The Hall–Kier alpha value is -1.90. The van der Waals surface area contributed by atoms with Gasteiger partial charge in [-0.3, -0.25) is 4.98 Å². The molecule has 88 valence electrons. The molecule has 1 aromatic heterocycles. The zero-order valence-corrected chi connectivity index (χ0v) is 10.00. The maximum Gasteiger partial charge on any atom is 0.126 e. The highest BCUT2D eigenvalue weighted by atomic mass is 19.1. The Morgan fingerprint density at radius 1 is 1.18 bits per heavy atom. The van der Waals surface area contributed by atoms with Gasteiger partial charge in [0.1, 0.15) is 5.82 Å². The van der Waals surface area contributed by atoms with Crippen LogP contribution in [0.3, 0.4) is 0 Å². The van der Waals surface area contributed by atoms with Crippen molar-refractivity contribution < 1.29 is 4.39 Å². The third-order valence-corrected chi connectivity index (χ3v) is 2.63. The Morgan fingerprint density at radius 2 is 2.00 bits per heavy atom. The van der Waals surface area contributed by atoms with E-state index in [1.807, 2.05) is 25.1 Å². The maximum atomic E-state index is 13.1. The van der Waals surface area contributed by atoms with Crippen LogP contribution in [0.25, 0.3) is 0 Å². The molecule has 3 heteroatoms. The van der Waals surface area contributed by atoms with E-state index in [0.29, 0.717) is 12.1 Å². The lowest BCUT2D eigenvalue weighted by Crippen LogP contribution is -2.00. The molecule has 0 aliphatic carbocycles. The third kappa shape index (κ3) is 3.03. The number of hydrogen-bond acceptors (Lipinski definition) is 2. The number of aryl methyl sites for hydroxylation is 2. The van der Waals surface area contributed by atoms with E-state index in [4.69, 9.17) is 0 Å². The Bertz CT molecular complexity index is 506. The molecule has 2 rings (SSSR count). The lowest BCUT2D eigenvalue weighted by Gasteiger charge is -2.07. The van der Waals surface area contributed by atoms with Crippen molar-refractivity contribution in [3.63, 3.8) is 0 Å². The quantitative estimate of drug-likeness (QED) is 0.873. The lowest BCUT2D eigenvalue weighted by atomic mass is 10.1. The molecule has 17 heavy (non-hydrogen) atoms. The van der Waals surface area contributed by atoms with Gasteiger partial charge in [0.2, 0.25) is 0 Å². The van der Waals surface area contributed by atoms with Crippen LogP contribution in [0, 0.1) is 19.7 Å². The van der Waals surface area contributed by atoms with Crippen LogP contribution in [0.2, 0.25) is 0 Å². The van der Waals surface area contributed by atoms with Crippen molar-refractivity contribution in [1.82, 2.24) is 4.98 Å². The van der Waals surface area contributed by atoms with Gasteiger partial charge >= 0.3 is 0 Å². The molecule has 0 radical (unpaired) electrons. The Morgan fingerprint density at radius 3 is 2.65 bits per heavy atom. The topological polar surface area (TPSA) is 24.9 Å². The van der Waals surface area contributed by atoms with Gasteiger partial charge in [-0.15, -0.1) is 0 Å². The van der Waals surface area contributed by atoms with E-state index in [9.17, 15) is 4.39 Å². The summed E-state index contributed by atoms with van der Waals surface area (Å²) in [5.74, 6) is -0.161. The SMILES string of the molecule is Cc1ccc(NCc2ccc(F)c(C)c2)cn1. The van der Waals surface area contributed by atoms with E-state index in [1.54, 1.807) is 19.2 Å². The molecule has 0 unspecified atom stereocenters. The Balaban J connectivity index is 2.02. The van der Waals surface area contributed by atoms with Crippen LogP contribution in [0.1, 0.15) is 16.8 Å². The van der Waals surface area contributed by atoms with Crippen molar-refractivity contribution in [1.29, 1.82) is 0 Å². The summed E-state index contributed by atoms with van der Waals surface area (Å²) in [6, 6.07) is 9.08. The summed E-state index contributed by atoms with van der Waals surface area (Å²) in [5, 5.41) is 3.25. The zero-order valence-electron chi connectivity index (χ0n) is 10.00. The largest absolute Gasteiger partial charge is 0.380 e. The summed E-state index contributed by atoms with van der Waals surface area (Å²) >= 11 is 0. The number of hydrogen-bond donors (Lipinski definition) is 1. The van der Waals surface area contributed by atoms with E-state index >= 15 is 0 Å². The van der Waals surface area contributed by atoms with E-state index in [0.717, 1.165) is 16.9 Å². The van der Waals surface area contributed by atoms with E-state index < -0.39 is 0 Å². The fourth-order valence-corrected chi connectivity index (χ4v) is 1.59. The first-order valence-corrected chi connectivity index (χ1v) is 5.57. The number of nitrogens with zero attached hydrogens (tertiary/aromatic N) is 1. The smallest absolute Gasteiger partial charge is 0.126 e. The molecule has 2 nitrogen and oxygen atoms in total. The predicted octanol–water partition coefficient (Wildman–Crippen LogP) is 3.45. The minimum Gasteiger partial charge on any atom is -0.380 e. The molecule has 2 aromatic rings. The van der Waals surface area contributed by atoms with Gasteiger partial charge in [0.05, 0.1) is 11.9 Å². The van der Waals surface area contributed by atoms with Gasteiger partial charge in [-0.1, -0.05) is 12.1 Å². The molecule has 0 bridgehead atoms. The van der Waals surface area contributed by atoms with E-state index in [1.165, 1.54) is 6.07 Å². The second kappa shape index (κ2) is 4.95. The maximum absolute atomic E-state index is 13.1. The van der Waals surface area contributed by atoms with Crippen LogP contribution < -0.4 is 5.32 Å². The number of halogens is 1. The lowest BCUT2D eigenvalue weighted by molar-refractivity contribution is 0.617. The van der Waals surface area contributed by atoms with Crippen molar-refractivity contribution in [2.24, 2.45) is 0 Å². The van der Waals surface area contributed by atoms with E-state index in [-0.39, 0.29) is 5.82 Å². The number of pyridine rings is 1. The molecule has 1 heterocycles. The van der Waals surface area contributed by atoms with Crippen molar-refractivity contribution in [2.45, 2.75) is 20.4 Å². The van der Waals surface area contributed by atoms with Gasteiger partial charge in [-0.25, -0.2) is 4.39 Å². The standard InChI is InChI=1S/C14H15FN2/c1-10-7-12(4-6-14(10)15)8-17-13-5-3-11(2)16-9-13/h3-7,9,17H,8H2,1-2H3. The Kier molecular flexibility index (Phi) is 3.38. The second-order valence-corrected chi connectivity index (χ2v) is 4.13. The van der Waals surface area contributed by atoms with Crippen LogP contribution in [0.15, 0.2) is 36.5 Å². The minimum atomic E-state index is -0.161.